The number of alkyl halides is 5. The molecule has 15 heteroatoms. The lowest BCUT2D eigenvalue weighted by Gasteiger charge is -2.22. The minimum absolute atomic E-state index is 0.432. The molecule has 1 aliphatic carbocycles. The predicted octanol–water partition coefficient (Wildman–Crippen LogP) is 3.78. The van der Waals surface area contributed by atoms with E-state index in [0.29, 0.717) is 21.1 Å². The maximum atomic E-state index is 14.5. The molecule has 0 saturated heterocycles. The van der Waals surface area contributed by atoms with Gasteiger partial charge in [0.05, 0.1) is 21.2 Å². The molecule has 1 aromatic carbocycles. The predicted molar refractivity (Wildman–Crippen MR) is 102 cm³/mol. The average molecular weight is 504 g/mol. The van der Waals surface area contributed by atoms with Gasteiger partial charge in [0, 0.05) is 20.5 Å². The highest BCUT2D eigenvalue weighted by Gasteiger charge is 2.82. The maximum absolute atomic E-state index is 14.5. The number of anilines is 1. The quantitative estimate of drug-likeness (QED) is 0.639. The average Bonchev–Trinajstić information content (AvgIpc) is 3.06. The van der Waals surface area contributed by atoms with Crippen LogP contribution in [0.2, 0.25) is 10.0 Å². The van der Waals surface area contributed by atoms with E-state index in [1.807, 2.05) is 0 Å². The lowest BCUT2D eigenvalue weighted by Crippen LogP contribution is -2.38. The standard InChI is InChI=1S/C16H12Cl2F5N5O2S/c1-27(2)31(29,30)14(6-15(14,19)20)11-10(5-24)26-28(13(11)25)12-8(17)3-7(4-9(12)18)16(21,22)23/h3-4H,6,25H2,1-2H3. The van der Waals surface area contributed by atoms with Gasteiger partial charge in [-0.1, -0.05) is 23.2 Å². The van der Waals surface area contributed by atoms with Crippen molar-refractivity contribution < 1.29 is 30.4 Å². The third-order valence-electron chi connectivity index (χ3n) is 4.84. The van der Waals surface area contributed by atoms with E-state index < -0.39 is 71.7 Å². The van der Waals surface area contributed by atoms with Crippen LogP contribution in [0.25, 0.3) is 5.69 Å². The summed E-state index contributed by atoms with van der Waals surface area (Å²) < 4.78 is 91.6. The van der Waals surface area contributed by atoms with Gasteiger partial charge in [0.15, 0.2) is 10.4 Å². The Labute approximate surface area is 182 Å². The number of nitriles is 1. The molecule has 3 rings (SSSR count). The highest BCUT2D eigenvalue weighted by atomic mass is 35.5. The van der Waals surface area contributed by atoms with Gasteiger partial charge in [-0.25, -0.2) is 26.2 Å². The van der Waals surface area contributed by atoms with Gasteiger partial charge in [-0.15, -0.1) is 0 Å². The number of sulfonamides is 1. The minimum Gasteiger partial charge on any atom is -0.383 e. The van der Waals surface area contributed by atoms with Crippen molar-refractivity contribution in [3.05, 3.63) is 39.0 Å². The van der Waals surface area contributed by atoms with E-state index in [2.05, 4.69) is 5.10 Å². The summed E-state index contributed by atoms with van der Waals surface area (Å²) in [5.41, 5.74) is 2.75. The third-order valence-corrected chi connectivity index (χ3v) is 7.91. The fourth-order valence-corrected chi connectivity index (χ4v) is 5.74. The number of rotatable bonds is 4. The number of nitrogens with zero attached hydrogens (tertiary/aromatic N) is 4. The second-order valence-electron chi connectivity index (χ2n) is 6.91. The van der Waals surface area contributed by atoms with Crippen molar-refractivity contribution in [3.8, 4) is 11.8 Å². The van der Waals surface area contributed by atoms with Gasteiger partial charge < -0.3 is 5.73 Å². The van der Waals surface area contributed by atoms with Crippen LogP contribution in [-0.4, -0.2) is 42.5 Å². The number of hydrogen-bond donors (Lipinski definition) is 1. The first-order chi connectivity index (χ1) is 14.0. The Hall–Kier alpha value is -2.14. The molecule has 1 aliphatic rings. The van der Waals surface area contributed by atoms with Gasteiger partial charge >= 0.3 is 6.18 Å². The monoisotopic (exact) mass is 503 g/mol. The first-order valence-electron chi connectivity index (χ1n) is 8.18. The van der Waals surface area contributed by atoms with Crippen molar-refractivity contribution >= 4 is 39.0 Å². The Bertz CT molecular complexity index is 1210. The fourth-order valence-electron chi connectivity index (χ4n) is 3.27. The summed E-state index contributed by atoms with van der Waals surface area (Å²) in [7, 11) is -2.65. The van der Waals surface area contributed by atoms with Gasteiger partial charge in [0.1, 0.15) is 17.6 Å². The molecule has 0 aliphatic heterocycles. The maximum Gasteiger partial charge on any atom is 0.416 e. The van der Waals surface area contributed by atoms with Crippen molar-refractivity contribution in [2.75, 3.05) is 19.8 Å². The molecule has 2 aromatic rings. The minimum atomic E-state index is -4.79. The zero-order chi connectivity index (χ0) is 23.7. The molecular formula is C16H12Cl2F5N5O2S. The molecule has 1 atom stereocenters. The van der Waals surface area contributed by atoms with Crippen LogP contribution in [0, 0.1) is 11.3 Å². The summed E-state index contributed by atoms with van der Waals surface area (Å²) in [4.78, 5) is 0. The Balaban J connectivity index is 2.33. The fraction of sp³-hybridized carbons (Fsp3) is 0.375. The Morgan fingerprint density at radius 2 is 1.74 bits per heavy atom. The van der Waals surface area contributed by atoms with Crippen molar-refractivity contribution in [1.29, 1.82) is 5.26 Å². The summed E-state index contributed by atoms with van der Waals surface area (Å²) in [6, 6.07) is 2.52. The third kappa shape index (κ3) is 3.24. The lowest BCUT2D eigenvalue weighted by molar-refractivity contribution is -0.137. The van der Waals surface area contributed by atoms with E-state index in [1.54, 1.807) is 0 Å². The molecule has 0 spiro atoms. The van der Waals surface area contributed by atoms with Crippen LogP contribution in [0.1, 0.15) is 23.2 Å². The number of halogens is 7. The largest absolute Gasteiger partial charge is 0.416 e. The first-order valence-corrected chi connectivity index (χ1v) is 10.4. The molecule has 0 radical (unpaired) electrons. The van der Waals surface area contributed by atoms with E-state index in [0.717, 1.165) is 14.1 Å². The van der Waals surface area contributed by atoms with Gasteiger partial charge in [-0.3, -0.25) is 0 Å². The smallest absolute Gasteiger partial charge is 0.383 e. The van der Waals surface area contributed by atoms with Crippen LogP contribution < -0.4 is 5.73 Å². The highest BCUT2D eigenvalue weighted by Crippen LogP contribution is 2.67. The van der Waals surface area contributed by atoms with Crippen LogP contribution in [0.5, 0.6) is 0 Å². The Morgan fingerprint density at radius 1 is 1.26 bits per heavy atom. The van der Waals surface area contributed by atoms with Crippen molar-refractivity contribution in [3.63, 3.8) is 0 Å². The number of hydrogen-bond acceptors (Lipinski definition) is 5. The van der Waals surface area contributed by atoms with Gasteiger partial charge in [0.25, 0.3) is 5.92 Å². The van der Waals surface area contributed by atoms with Crippen LogP contribution in [0.3, 0.4) is 0 Å². The van der Waals surface area contributed by atoms with Gasteiger partial charge in [-0.2, -0.15) is 23.5 Å². The molecule has 168 valence electrons. The Morgan fingerprint density at radius 3 is 2.10 bits per heavy atom. The van der Waals surface area contributed by atoms with E-state index in [1.165, 1.54) is 6.07 Å². The van der Waals surface area contributed by atoms with E-state index in [9.17, 15) is 35.6 Å². The van der Waals surface area contributed by atoms with Crippen LogP contribution >= 0.6 is 23.2 Å². The second kappa shape index (κ2) is 6.93. The molecule has 1 unspecified atom stereocenters. The van der Waals surface area contributed by atoms with E-state index in [-0.39, 0.29) is 0 Å². The molecule has 31 heavy (non-hydrogen) atoms. The van der Waals surface area contributed by atoms with Crippen LogP contribution in [0.15, 0.2) is 12.1 Å². The number of nitrogen functional groups attached to an aromatic ring is 1. The normalized spacial score (nSPS) is 20.7. The first kappa shape index (κ1) is 23.5. The summed E-state index contributed by atoms with van der Waals surface area (Å²) in [5, 5.41) is 11.9. The van der Waals surface area contributed by atoms with Gasteiger partial charge in [-0.05, 0) is 12.1 Å². The SMILES string of the molecule is CN(C)S(=O)(=O)C1(c2c(C#N)nn(-c3c(Cl)cc(C(F)(F)F)cc3Cl)c2N)CC1(F)F. The molecule has 2 N–H and O–H groups in total. The molecule has 1 heterocycles. The Kier molecular flexibility index (Phi) is 5.26. The van der Waals surface area contributed by atoms with Gasteiger partial charge in [0.2, 0.25) is 10.0 Å². The van der Waals surface area contributed by atoms with E-state index >= 15 is 0 Å². The highest BCUT2D eigenvalue weighted by molar-refractivity contribution is 7.90. The lowest BCUT2D eigenvalue weighted by atomic mass is 10.1. The molecule has 0 amide bonds. The molecule has 0 bridgehead atoms. The summed E-state index contributed by atoms with van der Waals surface area (Å²) in [6.45, 7) is 0. The second-order valence-corrected chi connectivity index (χ2v) is 10.1. The molecule has 1 fully saturated rings. The topological polar surface area (TPSA) is 105 Å². The molecule has 7 nitrogen and oxygen atoms in total. The van der Waals surface area contributed by atoms with Crippen molar-refractivity contribution in [2.45, 2.75) is 23.3 Å². The summed E-state index contributed by atoms with van der Waals surface area (Å²) in [5.74, 6) is -4.50. The summed E-state index contributed by atoms with van der Waals surface area (Å²) in [6.07, 6.45) is -5.95. The number of aromatic nitrogens is 2. The molecular weight excluding hydrogens is 492 g/mol. The van der Waals surface area contributed by atoms with Crippen LogP contribution in [-0.2, 0) is 20.9 Å². The number of nitrogens with two attached hydrogens (primary N) is 1. The van der Waals surface area contributed by atoms with Crippen molar-refractivity contribution in [1.82, 2.24) is 14.1 Å². The zero-order valence-corrected chi connectivity index (χ0v) is 17.9. The number of benzene rings is 1. The molecule has 1 aromatic heterocycles. The van der Waals surface area contributed by atoms with E-state index in [4.69, 9.17) is 28.9 Å². The zero-order valence-electron chi connectivity index (χ0n) is 15.6. The molecule has 1 saturated carbocycles. The summed E-state index contributed by atoms with van der Waals surface area (Å²) >= 11 is 11.8. The van der Waals surface area contributed by atoms with Crippen LogP contribution in [0.4, 0.5) is 27.8 Å². The van der Waals surface area contributed by atoms with Crippen molar-refractivity contribution in [2.24, 2.45) is 0 Å².